The van der Waals surface area contributed by atoms with Gasteiger partial charge in [0.05, 0.1) is 30.8 Å². The van der Waals surface area contributed by atoms with Gasteiger partial charge in [0.2, 0.25) is 5.95 Å². The zero-order valence-corrected chi connectivity index (χ0v) is 15.6. The number of methoxy groups -OCH3 is 1. The SMILES string of the molecule is CCc1ccccc1NC(=O)c1c(C)nsc1Nc1ncc(OC)cn1. The highest BCUT2D eigenvalue weighted by atomic mass is 32.1. The molecule has 1 amide bonds. The maximum absolute atomic E-state index is 12.8. The fraction of sp³-hybridized carbons (Fsp3) is 0.222. The van der Waals surface area contributed by atoms with Gasteiger partial charge in [0.25, 0.3) is 5.91 Å². The predicted octanol–water partition coefficient (Wildman–Crippen LogP) is 3.81. The van der Waals surface area contributed by atoms with Gasteiger partial charge in [-0.15, -0.1) is 0 Å². The number of amides is 1. The lowest BCUT2D eigenvalue weighted by atomic mass is 10.1. The maximum atomic E-state index is 12.8. The first-order chi connectivity index (χ1) is 12.6. The molecule has 0 fully saturated rings. The van der Waals surface area contributed by atoms with Crippen LogP contribution in [0.5, 0.6) is 5.75 Å². The number of hydrogen-bond donors (Lipinski definition) is 2. The van der Waals surface area contributed by atoms with E-state index in [0.717, 1.165) is 17.7 Å². The Balaban J connectivity index is 1.83. The average Bonchev–Trinajstić information content (AvgIpc) is 3.03. The number of aryl methyl sites for hydroxylation is 2. The van der Waals surface area contributed by atoms with Gasteiger partial charge in [-0.3, -0.25) is 4.79 Å². The van der Waals surface area contributed by atoms with Crippen molar-refractivity contribution in [2.75, 3.05) is 17.7 Å². The highest BCUT2D eigenvalue weighted by molar-refractivity contribution is 7.10. The molecule has 8 heteroatoms. The smallest absolute Gasteiger partial charge is 0.260 e. The molecule has 1 aromatic carbocycles. The molecule has 0 radical (unpaired) electrons. The summed E-state index contributed by atoms with van der Waals surface area (Å²) in [6.07, 6.45) is 3.95. The minimum absolute atomic E-state index is 0.215. The Bertz CT molecular complexity index is 908. The molecule has 0 bridgehead atoms. The van der Waals surface area contributed by atoms with Crippen molar-refractivity contribution in [3.05, 3.63) is 53.5 Å². The number of anilines is 3. The second-order valence-corrected chi connectivity index (χ2v) is 6.28. The molecule has 3 rings (SSSR count). The molecule has 2 N–H and O–H groups in total. The van der Waals surface area contributed by atoms with E-state index in [1.807, 2.05) is 24.3 Å². The Morgan fingerprint density at radius 1 is 1.23 bits per heavy atom. The van der Waals surface area contributed by atoms with Gasteiger partial charge in [0, 0.05) is 5.69 Å². The van der Waals surface area contributed by atoms with Crippen LogP contribution in [0.3, 0.4) is 0 Å². The normalized spacial score (nSPS) is 10.4. The number of nitrogens with zero attached hydrogens (tertiary/aromatic N) is 3. The third-order valence-corrected chi connectivity index (χ3v) is 4.68. The zero-order chi connectivity index (χ0) is 18.5. The third kappa shape index (κ3) is 3.80. The van der Waals surface area contributed by atoms with Crippen molar-refractivity contribution >= 4 is 34.1 Å². The highest BCUT2D eigenvalue weighted by Crippen LogP contribution is 2.28. The Morgan fingerprint density at radius 2 is 1.96 bits per heavy atom. The molecule has 2 heterocycles. The largest absolute Gasteiger partial charge is 0.494 e. The summed E-state index contributed by atoms with van der Waals surface area (Å²) in [5, 5.41) is 6.63. The van der Waals surface area contributed by atoms with Gasteiger partial charge in [-0.1, -0.05) is 25.1 Å². The van der Waals surface area contributed by atoms with Crippen LogP contribution in [-0.2, 0) is 6.42 Å². The molecule has 0 spiro atoms. The van der Waals surface area contributed by atoms with E-state index in [9.17, 15) is 4.79 Å². The summed E-state index contributed by atoms with van der Waals surface area (Å²) >= 11 is 1.20. The van der Waals surface area contributed by atoms with Crippen LogP contribution in [0.25, 0.3) is 0 Å². The molecule has 0 saturated carbocycles. The summed E-state index contributed by atoms with van der Waals surface area (Å²) in [5.74, 6) is 0.718. The molecule has 0 aliphatic heterocycles. The van der Waals surface area contributed by atoms with Crippen LogP contribution < -0.4 is 15.4 Å². The van der Waals surface area contributed by atoms with E-state index in [1.54, 1.807) is 26.4 Å². The van der Waals surface area contributed by atoms with Crippen molar-refractivity contribution in [2.24, 2.45) is 0 Å². The monoisotopic (exact) mass is 369 g/mol. The zero-order valence-electron chi connectivity index (χ0n) is 14.7. The molecule has 0 saturated heterocycles. The molecule has 0 unspecified atom stereocenters. The first kappa shape index (κ1) is 17.8. The highest BCUT2D eigenvalue weighted by Gasteiger charge is 2.20. The van der Waals surface area contributed by atoms with Crippen molar-refractivity contribution in [3.63, 3.8) is 0 Å². The van der Waals surface area contributed by atoms with Crippen LogP contribution in [0.15, 0.2) is 36.7 Å². The molecule has 0 aliphatic rings. The standard InChI is InChI=1S/C18H19N5O2S/c1-4-12-7-5-6-8-14(12)21-16(24)15-11(2)23-26-17(15)22-18-19-9-13(25-3)10-20-18/h5-10H,4H2,1-3H3,(H,21,24)(H,19,20,22). The van der Waals surface area contributed by atoms with Crippen LogP contribution in [-0.4, -0.2) is 27.4 Å². The van der Waals surface area contributed by atoms with Gasteiger partial charge >= 0.3 is 0 Å². The van der Waals surface area contributed by atoms with Gasteiger partial charge in [-0.25, -0.2) is 9.97 Å². The number of aromatic nitrogens is 3. The minimum atomic E-state index is -0.215. The van der Waals surface area contributed by atoms with Gasteiger partial charge in [-0.2, -0.15) is 4.37 Å². The Hall–Kier alpha value is -3.00. The summed E-state index contributed by atoms with van der Waals surface area (Å²) in [7, 11) is 1.55. The van der Waals surface area contributed by atoms with Gasteiger partial charge in [0.1, 0.15) is 5.00 Å². The number of ether oxygens (including phenoxy) is 1. The number of carbonyl (C=O) groups is 1. The number of benzene rings is 1. The second-order valence-electron chi connectivity index (χ2n) is 5.51. The third-order valence-electron chi connectivity index (χ3n) is 3.83. The molecule has 3 aromatic rings. The van der Waals surface area contributed by atoms with Crippen LogP contribution in [0.4, 0.5) is 16.6 Å². The van der Waals surface area contributed by atoms with E-state index in [1.165, 1.54) is 11.5 Å². The molecule has 2 aromatic heterocycles. The van der Waals surface area contributed by atoms with E-state index in [0.29, 0.717) is 28.0 Å². The van der Waals surface area contributed by atoms with E-state index in [-0.39, 0.29) is 5.91 Å². The van der Waals surface area contributed by atoms with Crippen molar-refractivity contribution < 1.29 is 9.53 Å². The fourth-order valence-electron chi connectivity index (χ4n) is 2.45. The van der Waals surface area contributed by atoms with E-state index < -0.39 is 0 Å². The van der Waals surface area contributed by atoms with Gasteiger partial charge in [-0.05, 0) is 36.5 Å². The molecule has 7 nitrogen and oxygen atoms in total. The van der Waals surface area contributed by atoms with Crippen molar-refractivity contribution in [1.82, 2.24) is 14.3 Å². The van der Waals surface area contributed by atoms with Crippen LogP contribution in [0.2, 0.25) is 0 Å². The first-order valence-corrected chi connectivity index (χ1v) is 8.88. The summed E-state index contributed by atoms with van der Waals surface area (Å²) in [4.78, 5) is 21.2. The molecular weight excluding hydrogens is 350 g/mol. The Labute approximate surface area is 155 Å². The molecule has 0 atom stereocenters. The quantitative estimate of drug-likeness (QED) is 0.687. The minimum Gasteiger partial charge on any atom is -0.494 e. The number of carbonyl (C=O) groups excluding carboxylic acids is 1. The van der Waals surface area contributed by atoms with Crippen LogP contribution in [0.1, 0.15) is 28.5 Å². The molecule has 134 valence electrons. The predicted molar refractivity (Wildman–Crippen MR) is 102 cm³/mol. The van der Waals surface area contributed by atoms with Crippen molar-refractivity contribution in [3.8, 4) is 5.75 Å². The Kier molecular flexibility index (Phi) is 5.43. The maximum Gasteiger partial charge on any atom is 0.260 e. The number of rotatable bonds is 6. The van der Waals surface area contributed by atoms with Gasteiger partial charge in [0.15, 0.2) is 5.75 Å². The second kappa shape index (κ2) is 7.92. The van der Waals surface area contributed by atoms with Crippen LogP contribution in [0, 0.1) is 6.92 Å². The van der Waals surface area contributed by atoms with Crippen LogP contribution >= 0.6 is 11.5 Å². The average molecular weight is 369 g/mol. The summed E-state index contributed by atoms with van der Waals surface area (Å²) in [6.45, 7) is 3.85. The van der Waals surface area contributed by atoms with E-state index >= 15 is 0 Å². The molecule has 26 heavy (non-hydrogen) atoms. The lowest BCUT2D eigenvalue weighted by Crippen LogP contribution is -2.15. The topological polar surface area (TPSA) is 89.0 Å². The Morgan fingerprint density at radius 3 is 2.65 bits per heavy atom. The number of nitrogens with one attached hydrogen (secondary N) is 2. The van der Waals surface area contributed by atoms with Gasteiger partial charge < -0.3 is 15.4 Å². The molecule has 0 aliphatic carbocycles. The van der Waals surface area contributed by atoms with Crippen molar-refractivity contribution in [1.29, 1.82) is 0 Å². The van der Waals surface area contributed by atoms with E-state index in [4.69, 9.17) is 4.74 Å². The summed E-state index contributed by atoms with van der Waals surface area (Å²) in [5.41, 5.74) is 3.02. The first-order valence-electron chi connectivity index (χ1n) is 8.11. The summed E-state index contributed by atoms with van der Waals surface area (Å²) < 4.78 is 9.34. The van der Waals surface area contributed by atoms with E-state index in [2.05, 4.69) is 31.9 Å². The van der Waals surface area contributed by atoms with Crippen molar-refractivity contribution in [2.45, 2.75) is 20.3 Å². The lowest BCUT2D eigenvalue weighted by molar-refractivity contribution is 0.102. The number of hydrogen-bond acceptors (Lipinski definition) is 7. The number of para-hydroxylation sites is 1. The summed E-state index contributed by atoms with van der Waals surface area (Å²) in [6, 6.07) is 7.75. The fourth-order valence-corrected chi connectivity index (χ4v) is 3.23. The lowest BCUT2D eigenvalue weighted by Gasteiger charge is -2.11. The molecular formula is C18H19N5O2S.